The van der Waals surface area contributed by atoms with Gasteiger partial charge in [0.2, 0.25) is 0 Å². The number of hydrogen-bond acceptors (Lipinski definition) is 5. The van der Waals surface area contributed by atoms with Gasteiger partial charge in [-0.2, -0.15) is 0 Å². The predicted molar refractivity (Wildman–Crippen MR) is 91.4 cm³/mol. The number of carbonyl (C=O) groups excluding carboxylic acids is 2. The molecule has 3 aromatic rings. The third-order valence-electron chi connectivity index (χ3n) is 3.26. The highest BCUT2D eigenvalue weighted by Gasteiger charge is 2.13. The van der Waals surface area contributed by atoms with Crippen molar-refractivity contribution in [3.63, 3.8) is 0 Å². The first kappa shape index (κ1) is 16.7. The van der Waals surface area contributed by atoms with Crippen molar-refractivity contribution in [1.82, 2.24) is 20.8 Å². The fourth-order valence-corrected chi connectivity index (χ4v) is 2.88. The van der Waals surface area contributed by atoms with Gasteiger partial charge in [-0.1, -0.05) is 12.1 Å². The van der Waals surface area contributed by atoms with Crippen LogP contribution in [-0.2, 0) is 0 Å². The van der Waals surface area contributed by atoms with Gasteiger partial charge in [-0.05, 0) is 36.8 Å². The maximum Gasteiger partial charge on any atom is 0.289 e. The summed E-state index contributed by atoms with van der Waals surface area (Å²) >= 11 is 1.24. The van der Waals surface area contributed by atoms with E-state index >= 15 is 0 Å². The number of amides is 2. The summed E-state index contributed by atoms with van der Waals surface area (Å²) < 4.78 is 13.0. The number of nitrogens with zero attached hydrogens (tertiary/aromatic N) is 2. The Hall–Kier alpha value is -3.13. The second-order valence-electron chi connectivity index (χ2n) is 5.12. The van der Waals surface area contributed by atoms with Crippen molar-refractivity contribution >= 4 is 23.2 Å². The van der Waals surface area contributed by atoms with Gasteiger partial charge in [0.05, 0.1) is 16.8 Å². The maximum atomic E-state index is 13.0. The van der Waals surface area contributed by atoms with E-state index in [-0.39, 0.29) is 11.5 Å². The SMILES string of the molecule is Cc1cnc(C(=O)NNC(=O)c2ccc(-c3ccc(F)cc3)s2)cn1. The Balaban J connectivity index is 1.63. The van der Waals surface area contributed by atoms with E-state index in [0.717, 1.165) is 10.4 Å². The van der Waals surface area contributed by atoms with Crippen LogP contribution < -0.4 is 10.9 Å². The minimum absolute atomic E-state index is 0.101. The average molecular weight is 356 g/mol. The van der Waals surface area contributed by atoms with Gasteiger partial charge in [-0.3, -0.25) is 25.4 Å². The fourth-order valence-electron chi connectivity index (χ4n) is 1.98. The van der Waals surface area contributed by atoms with Crippen LogP contribution in [0.2, 0.25) is 0 Å². The van der Waals surface area contributed by atoms with Crippen LogP contribution in [0.1, 0.15) is 25.9 Å². The summed E-state index contributed by atoms with van der Waals surface area (Å²) in [7, 11) is 0. The van der Waals surface area contributed by atoms with Gasteiger partial charge in [0.1, 0.15) is 11.5 Å². The van der Waals surface area contributed by atoms with Crippen molar-refractivity contribution < 1.29 is 14.0 Å². The molecule has 0 saturated heterocycles. The summed E-state index contributed by atoms with van der Waals surface area (Å²) in [5.74, 6) is -1.33. The summed E-state index contributed by atoms with van der Waals surface area (Å²) in [6.45, 7) is 1.76. The number of aryl methyl sites for hydroxylation is 1. The van der Waals surface area contributed by atoms with Crippen LogP contribution >= 0.6 is 11.3 Å². The Morgan fingerprint density at radius 3 is 2.36 bits per heavy atom. The molecule has 0 aliphatic carbocycles. The van der Waals surface area contributed by atoms with Crippen LogP contribution in [0, 0.1) is 12.7 Å². The minimum Gasteiger partial charge on any atom is -0.266 e. The first-order valence-corrected chi connectivity index (χ1v) is 8.09. The monoisotopic (exact) mass is 356 g/mol. The lowest BCUT2D eigenvalue weighted by Crippen LogP contribution is -2.41. The molecule has 126 valence electrons. The van der Waals surface area contributed by atoms with Gasteiger partial charge in [-0.15, -0.1) is 11.3 Å². The van der Waals surface area contributed by atoms with Crippen LogP contribution in [0.25, 0.3) is 10.4 Å². The number of benzene rings is 1. The van der Waals surface area contributed by atoms with Crippen LogP contribution in [0.15, 0.2) is 48.8 Å². The lowest BCUT2D eigenvalue weighted by Gasteiger charge is -2.05. The summed E-state index contributed by atoms with van der Waals surface area (Å²) in [6, 6.07) is 9.40. The molecule has 8 heteroatoms. The second kappa shape index (κ2) is 7.18. The molecule has 0 atom stereocenters. The Morgan fingerprint density at radius 2 is 1.68 bits per heavy atom. The molecule has 0 saturated carbocycles. The molecular formula is C17H13FN4O2S. The predicted octanol–water partition coefficient (Wildman–Crippen LogP) is 2.73. The molecule has 2 aromatic heterocycles. The lowest BCUT2D eigenvalue weighted by atomic mass is 10.2. The van der Waals surface area contributed by atoms with Gasteiger partial charge < -0.3 is 0 Å². The van der Waals surface area contributed by atoms with Crippen molar-refractivity contribution in [2.75, 3.05) is 0 Å². The quantitative estimate of drug-likeness (QED) is 0.707. The highest BCUT2D eigenvalue weighted by atomic mass is 32.1. The minimum atomic E-state index is -0.559. The molecule has 0 aliphatic heterocycles. The van der Waals surface area contributed by atoms with E-state index in [1.54, 1.807) is 31.2 Å². The van der Waals surface area contributed by atoms with Crippen molar-refractivity contribution in [1.29, 1.82) is 0 Å². The second-order valence-corrected chi connectivity index (χ2v) is 6.21. The molecule has 0 radical (unpaired) electrons. The van der Waals surface area contributed by atoms with Crippen LogP contribution in [0.4, 0.5) is 4.39 Å². The Labute approximate surface area is 146 Å². The molecule has 0 spiro atoms. The molecule has 0 bridgehead atoms. The largest absolute Gasteiger partial charge is 0.289 e. The molecule has 2 heterocycles. The summed E-state index contributed by atoms with van der Waals surface area (Å²) in [5, 5.41) is 0. The van der Waals surface area contributed by atoms with Crippen molar-refractivity contribution in [2.24, 2.45) is 0 Å². The molecule has 2 amide bonds. The summed E-state index contributed by atoms with van der Waals surface area (Å²) in [5.41, 5.74) is 6.22. The van der Waals surface area contributed by atoms with Crippen LogP contribution in [0.5, 0.6) is 0 Å². The van der Waals surface area contributed by atoms with Gasteiger partial charge in [0.25, 0.3) is 11.8 Å². The van der Waals surface area contributed by atoms with E-state index in [1.807, 2.05) is 0 Å². The summed E-state index contributed by atoms with van der Waals surface area (Å²) in [4.78, 5) is 33.1. The van der Waals surface area contributed by atoms with Crippen LogP contribution in [0.3, 0.4) is 0 Å². The lowest BCUT2D eigenvalue weighted by molar-refractivity contribution is 0.0846. The first-order chi connectivity index (χ1) is 12.0. The zero-order valence-electron chi connectivity index (χ0n) is 13.1. The first-order valence-electron chi connectivity index (χ1n) is 7.28. The Kier molecular flexibility index (Phi) is 4.80. The highest BCUT2D eigenvalue weighted by molar-refractivity contribution is 7.17. The third-order valence-corrected chi connectivity index (χ3v) is 4.39. The van der Waals surface area contributed by atoms with E-state index in [2.05, 4.69) is 20.8 Å². The van der Waals surface area contributed by atoms with Gasteiger partial charge in [0.15, 0.2) is 0 Å². The average Bonchev–Trinajstić information content (AvgIpc) is 3.11. The summed E-state index contributed by atoms with van der Waals surface area (Å²) in [6.07, 6.45) is 2.79. The van der Waals surface area contributed by atoms with E-state index in [9.17, 15) is 14.0 Å². The molecular weight excluding hydrogens is 343 g/mol. The fraction of sp³-hybridized carbons (Fsp3) is 0.0588. The number of carbonyl (C=O) groups is 2. The zero-order valence-corrected chi connectivity index (χ0v) is 13.9. The van der Waals surface area contributed by atoms with Gasteiger partial charge in [-0.25, -0.2) is 9.37 Å². The van der Waals surface area contributed by atoms with Crippen LogP contribution in [-0.4, -0.2) is 21.8 Å². The smallest absolute Gasteiger partial charge is 0.266 e. The molecule has 6 nitrogen and oxygen atoms in total. The number of halogens is 1. The third kappa shape index (κ3) is 4.04. The van der Waals surface area contributed by atoms with Crippen molar-refractivity contribution in [3.8, 4) is 10.4 Å². The van der Waals surface area contributed by atoms with E-state index in [0.29, 0.717) is 10.6 Å². The maximum absolute atomic E-state index is 13.0. The number of rotatable bonds is 3. The molecule has 25 heavy (non-hydrogen) atoms. The van der Waals surface area contributed by atoms with Crippen molar-refractivity contribution in [3.05, 3.63) is 70.9 Å². The van der Waals surface area contributed by atoms with Crippen molar-refractivity contribution in [2.45, 2.75) is 6.92 Å². The van der Waals surface area contributed by atoms with E-state index < -0.39 is 11.8 Å². The molecule has 2 N–H and O–H groups in total. The number of nitrogens with one attached hydrogen (secondary N) is 2. The number of aromatic nitrogens is 2. The molecule has 1 aromatic carbocycles. The van der Waals surface area contributed by atoms with E-state index in [1.165, 1.54) is 35.9 Å². The topological polar surface area (TPSA) is 84.0 Å². The normalized spacial score (nSPS) is 10.3. The Morgan fingerprint density at radius 1 is 0.960 bits per heavy atom. The number of thiophene rings is 1. The molecule has 3 rings (SSSR count). The molecule has 0 unspecified atom stereocenters. The molecule has 0 aliphatic rings. The zero-order chi connectivity index (χ0) is 17.8. The highest BCUT2D eigenvalue weighted by Crippen LogP contribution is 2.28. The number of hydrazine groups is 1. The van der Waals surface area contributed by atoms with Gasteiger partial charge in [0, 0.05) is 11.1 Å². The van der Waals surface area contributed by atoms with Gasteiger partial charge >= 0.3 is 0 Å². The standard InChI is InChI=1S/C17H13FN4O2S/c1-10-8-20-13(9-19-10)16(23)21-22-17(24)15-7-6-14(25-15)11-2-4-12(18)5-3-11/h2-9H,1H3,(H,21,23)(H,22,24). The Bertz CT molecular complexity index is 907. The van der Waals surface area contributed by atoms with E-state index in [4.69, 9.17) is 0 Å². The molecule has 0 fully saturated rings. The number of hydrogen-bond donors (Lipinski definition) is 2.